The summed E-state index contributed by atoms with van der Waals surface area (Å²) in [6.45, 7) is 6.81. The van der Waals surface area contributed by atoms with E-state index in [0.717, 1.165) is 12.8 Å². The molecule has 2 atom stereocenters. The molecule has 3 nitrogen and oxygen atoms in total. The molecule has 0 bridgehead atoms. The highest BCUT2D eigenvalue weighted by Gasteiger charge is 2.39. The van der Waals surface area contributed by atoms with Crippen LogP contribution in [0.2, 0.25) is 0 Å². The molecule has 1 aliphatic carbocycles. The SMILES string of the molecule is CC(CN)NC(=O)C1CCCC1(C)C. The van der Waals surface area contributed by atoms with E-state index in [0.29, 0.717) is 6.54 Å². The first-order valence-electron chi connectivity index (χ1n) is 5.48. The lowest BCUT2D eigenvalue weighted by Crippen LogP contribution is -2.43. The van der Waals surface area contributed by atoms with Crippen molar-refractivity contribution in [2.75, 3.05) is 6.54 Å². The normalized spacial score (nSPS) is 27.3. The molecule has 3 heteroatoms. The highest BCUT2D eigenvalue weighted by molar-refractivity contribution is 5.80. The largest absolute Gasteiger partial charge is 0.352 e. The number of nitrogens with two attached hydrogens (primary N) is 1. The third kappa shape index (κ3) is 2.47. The fourth-order valence-electron chi connectivity index (χ4n) is 2.22. The number of amides is 1. The first-order chi connectivity index (χ1) is 6.47. The highest BCUT2D eigenvalue weighted by Crippen LogP contribution is 2.42. The van der Waals surface area contributed by atoms with Gasteiger partial charge in [-0.3, -0.25) is 4.79 Å². The van der Waals surface area contributed by atoms with Crippen LogP contribution in [0, 0.1) is 11.3 Å². The van der Waals surface area contributed by atoms with E-state index < -0.39 is 0 Å². The third-order valence-electron chi connectivity index (χ3n) is 3.32. The Bertz CT molecular complexity index is 213. The Morgan fingerprint density at radius 2 is 2.29 bits per heavy atom. The second-order valence-electron chi connectivity index (χ2n) is 5.08. The van der Waals surface area contributed by atoms with E-state index in [2.05, 4.69) is 19.2 Å². The Labute approximate surface area is 86.4 Å². The van der Waals surface area contributed by atoms with Gasteiger partial charge in [-0.25, -0.2) is 0 Å². The molecule has 3 N–H and O–H groups in total. The predicted octanol–water partition coefficient (Wildman–Crippen LogP) is 1.28. The smallest absolute Gasteiger partial charge is 0.223 e. The van der Waals surface area contributed by atoms with Crippen LogP contribution >= 0.6 is 0 Å². The molecule has 1 rings (SSSR count). The molecule has 1 aliphatic rings. The molecule has 2 unspecified atom stereocenters. The van der Waals surface area contributed by atoms with E-state index in [-0.39, 0.29) is 23.3 Å². The van der Waals surface area contributed by atoms with Crippen LogP contribution in [0.5, 0.6) is 0 Å². The van der Waals surface area contributed by atoms with Crippen molar-refractivity contribution in [3.05, 3.63) is 0 Å². The predicted molar refractivity (Wildman–Crippen MR) is 57.8 cm³/mol. The van der Waals surface area contributed by atoms with E-state index in [9.17, 15) is 4.79 Å². The summed E-state index contributed by atoms with van der Waals surface area (Å²) in [5.41, 5.74) is 5.64. The van der Waals surface area contributed by atoms with Gasteiger partial charge in [0, 0.05) is 18.5 Å². The second-order valence-corrected chi connectivity index (χ2v) is 5.08. The number of carbonyl (C=O) groups excluding carboxylic acids is 1. The van der Waals surface area contributed by atoms with Crippen molar-refractivity contribution in [1.82, 2.24) is 5.32 Å². The zero-order valence-corrected chi connectivity index (χ0v) is 9.47. The van der Waals surface area contributed by atoms with Crippen molar-refractivity contribution < 1.29 is 4.79 Å². The van der Waals surface area contributed by atoms with Gasteiger partial charge >= 0.3 is 0 Å². The molecule has 1 saturated carbocycles. The van der Waals surface area contributed by atoms with Gasteiger partial charge in [-0.05, 0) is 25.2 Å². The molecule has 0 heterocycles. The summed E-state index contributed by atoms with van der Waals surface area (Å²) in [6.07, 6.45) is 3.35. The lowest BCUT2D eigenvalue weighted by molar-refractivity contribution is -0.128. The van der Waals surface area contributed by atoms with Crippen LogP contribution in [-0.2, 0) is 4.79 Å². The Balaban J connectivity index is 2.52. The van der Waals surface area contributed by atoms with Gasteiger partial charge in [-0.15, -0.1) is 0 Å². The minimum absolute atomic E-state index is 0.0962. The van der Waals surface area contributed by atoms with Gasteiger partial charge in [0.05, 0.1) is 0 Å². The summed E-state index contributed by atoms with van der Waals surface area (Å²) in [5, 5.41) is 2.96. The monoisotopic (exact) mass is 198 g/mol. The summed E-state index contributed by atoms with van der Waals surface area (Å²) in [6, 6.07) is 0.0962. The summed E-state index contributed by atoms with van der Waals surface area (Å²) in [4.78, 5) is 11.9. The molecule has 0 aromatic heterocycles. The number of rotatable bonds is 3. The molecule has 0 spiro atoms. The van der Waals surface area contributed by atoms with Crippen molar-refractivity contribution >= 4 is 5.91 Å². The maximum Gasteiger partial charge on any atom is 0.223 e. The zero-order valence-electron chi connectivity index (χ0n) is 9.47. The van der Waals surface area contributed by atoms with Crippen LogP contribution in [-0.4, -0.2) is 18.5 Å². The fourth-order valence-corrected chi connectivity index (χ4v) is 2.22. The van der Waals surface area contributed by atoms with E-state index in [1.165, 1.54) is 6.42 Å². The molecule has 14 heavy (non-hydrogen) atoms. The maximum absolute atomic E-state index is 11.9. The first kappa shape index (κ1) is 11.5. The lowest BCUT2D eigenvalue weighted by atomic mass is 9.81. The van der Waals surface area contributed by atoms with Gasteiger partial charge in [-0.1, -0.05) is 20.3 Å². The van der Waals surface area contributed by atoms with Crippen LogP contribution in [0.1, 0.15) is 40.0 Å². The summed E-state index contributed by atoms with van der Waals surface area (Å²) in [5.74, 6) is 0.363. The molecule has 1 fully saturated rings. The van der Waals surface area contributed by atoms with Crippen LogP contribution in [0.25, 0.3) is 0 Å². The number of hydrogen-bond acceptors (Lipinski definition) is 2. The van der Waals surface area contributed by atoms with Crippen molar-refractivity contribution in [2.45, 2.75) is 46.1 Å². The fraction of sp³-hybridized carbons (Fsp3) is 0.909. The van der Waals surface area contributed by atoms with Gasteiger partial charge in [0.2, 0.25) is 5.91 Å². The van der Waals surface area contributed by atoms with Crippen LogP contribution in [0.3, 0.4) is 0 Å². The minimum Gasteiger partial charge on any atom is -0.352 e. The van der Waals surface area contributed by atoms with Gasteiger partial charge in [0.25, 0.3) is 0 Å². The van der Waals surface area contributed by atoms with Gasteiger partial charge in [0.1, 0.15) is 0 Å². The number of nitrogens with one attached hydrogen (secondary N) is 1. The number of hydrogen-bond donors (Lipinski definition) is 2. The molecule has 0 radical (unpaired) electrons. The molecule has 1 amide bonds. The molecule has 0 aliphatic heterocycles. The van der Waals surface area contributed by atoms with E-state index in [4.69, 9.17) is 5.73 Å². The van der Waals surface area contributed by atoms with E-state index in [1.54, 1.807) is 0 Å². The van der Waals surface area contributed by atoms with Gasteiger partial charge < -0.3 is 11.1 Å². The average molecular weight is 198 g/mol. The molecule has 0 aromatic carbocycles. The van der Waals surface area contributed by atoms with E-state index >= 15 is 0 Å². The molecule has 0 aromatic rings. The first-order valence-corrected chi connectivity index (χ1v) is 5.48. The van der Waals surface area contributed by atoms with Crippen molar-refractivity contribution in [2.24, 2.45) is 17.1 Å². The van der Waals surface area contributed by atoms with Crippen LogP contribution in [0.4, 0.5) is 0 Å². The topological polar surface area (TPSA) is 55.1 Å². The third-order valence-corrected chi connectivity index (χ3v) is 3.32. The van der Waals surface area contributed by atoms with Crippen molar-refractivity contribution in [3.8, 4) is 0 Å². The number of carbonyl (C=O) groups is 1. The Hall–Kier alpha value is -0.570. The van der Waals surface area contributed by atoms with E-state index in [1.807, 2.05) is 6.92 Å². The molecule has 0 saturated heterocycles. The summed E-state index contributed by atoms with van der Waals surface area (Å²) < 4.78 is 0. The van der Waals surface area contributed by atoms with Crippen molar-refractivity contribution in [1.29, 1.82) is 0 Å². The standard InChI is InChI=1S/C11H22N2O/c1-8(7-12)13-10(14)9-5-4-6-11(9,2)3/h8-9H,4-7,12H2,1-3H3,(H,13,14). The van der Waals surface area contributed by atoms with Gasteiger partial charge in [0.15, 0.2) is 0 Å². The Kier molecular flexibility index (Phi) is 3.53. The quantitative estimate of drug-likeness (QED) is 0.717. The highest BCUT2D eigenvalue weighted by atomic mass is 16.2. The zero-order chi connectivity index (χ0) is 10.8. The minimum atomic E-state index is 0.0962. The Morgan fingerprint density at radius 1 is 1.64 bits per heavy atom. The Morgan fingerprint density at radius 3 is 2.71 bits per heavy atom. The van der Waals surface area contributed by atoms with Crippen LogP contribution in [0.15, 0.2) is 0 Å². The van der Waals surface area contributed by atoms with Gasteiger partial charge in [-0.2, -0.15) is 0 Å². The van der Waals surface area contributed by atoms with Crippen molar-refractivity contribution in [3.63, 3.8) is 0 Å². The second kappa shape index (κ2) is 4.30. The molecular weight excluding hydrogens is 176 g/mol. The molecule has 82 valence electrons. The summed E-state index contributed by atoms with van der Waals surface area (Å²) in [7, 11) is 0. The lowest BCUT2D eigenvalue weighted by Gasteiger charge is -2.27. The average Bonchev–Trinajstić information content (AvgIpc) is 2.45. The summed E-state index contributed by atoms with van der Waals surface area (Å²) >= 11 is 0. The maximum atomic E-state index is 11.9. The van der Waals surface area contributed by atoms with Crippen LogP contribution < -0.4 is 11.1 Å². The molecular formula is C11H22N2O.